The standard InChI is InChI=1S/C33H37N6O8P/c1-21(2)14-28(47-48(45)19-29(40)41)39-32(43)27(16-25-17-34-20-36-25)37-31(42)26(38-33(44)46-18-22-8-4-3-5-9-22)15-24-11-6-10-23-12-7-13-35-30(23)24/h3-13,17,19-21,26-28H,14-16,18H2,1-2H3,(H,34,36)(H,37,42)(H,38,44)(H,39,43)(H,40,41)/t26-,27-,28+/m1/s1. The largest absolute Gasteiger partial charge is 0.603 e. The number of nitrogens with one attached hydrogen (secondary N) is 4. The van der Waals surface area contributed by atoms with Crippen LogP contribution >= 0.6 is 8.00 Å². The van der Waals surface area contributed by atoms with Gasteiger partial charge < -0.3 is 35.7 Å². The van der Waals surface area contributed by atoms with E-state index in [1.54, 1.807) is 36.7 Å². The van der Waals surface area contributed by atoms with E-state index in [1.165, 1.54) is 6.33 Å². The van der Waals surface area contributed by atoms with Crippen molar-refractivity contribution < 1.29 is 38.4 Å². The van der Waals surface area contributed by atoms with E-state index in [-0.39, 0.29) is 31.8 Å². The number of rotatable bonds is 16. The molecular formula is C33H37N6O8P. The van der Waals surface area contributed by atoms with Gasteiger partial charge in [-0.25, -0.2) is 14.6 Å². The van der Waals surface area contributed by atoms with Crippen LogP contribution in [0.4, 0.5) is 4.79 Å². The number of hydrogen-bond acceptors (Lipinski definition) is 9. The number of aliphatic carboxylic acids is 1. The monoisotopic (exact) mass is 676 g/mol. The molecule has 14 nitrogen and oxygen atoms in total. The van der Waals surface area contributed by atoms with Crippen LogP contribution in [-0.4, -0.2) is 68.0 Å². The molecule has 0 spiro atoms. The molecule has 3 amide bonds. The van der Waals surface area contributed by atoms with Gasteiger partial charge in [0.15, 0.2) is 6.23 Å². The minimum absolute atomic E-state index is 0.0158. The number of pyridine rings is 1. The van der Waals surface area contributed by atoms with Gasteiger partial charge in [0.05, 0.1) is 17.5 Å². The zero-order valence-corrected chi connectivity index (χ0v) is 27.3. The maximum atomic E-state index is 13.9. The molecule has 0 saturated heterocycles. The van der Waals surface area contributed by atoms with E-state index >= 15 is 0 Å². The van der Waals surface area contributed by atoms with Crippen molar-refractivity contribution in [1.82, 2.24) is 30.9 Å². The highest BCUT2D eigenvalue weighted by Gasteiger charge is 2.31. The maximum absolute atomic E-state index is 13.9. The zero-order chi connectivity index (χ0) is 34.5. The quantitative estimate of drug-likeness (QED) is 0.0866. The highest BCUT2D eigenvalue weighted by molar-refractivity contribution is 7.47. The van der Waals surface area contributed by atoms with Crippen molar-refractivity contribution >= 4 is 48.6 Å². The molecule has 0 aliphatic heterocycles. The van der Waals surface area contributed by atoms with Gasteiger partial charge in [-0.1, -0.05) is 68.4 Å². The molecule has 4 aromatic rings. The van der Waals surface area contributed by atoms with Gasteiger partial charge in [-0.3, -0.25) is 14.6 Å². The highest BCUT2D eigenvalue weighted by Crippen LogP contribution is 2.20. The van der Waals surface area contributed by atoms with Crippen molar-refractivity contribution in [3.63, 3.8) is 0 Å². The number of fused-ring (bicyclic) bond motifs is 1. The third kappa shape index (κ3) is 11.3. The second-order valence-electron chi connectivity index (χ2n) is 11.3. The summed E-state index contributed by atoms with van der Waals surface area (Å²) in [7, 11) is -2.74. The summed E-state index contributed by atoms with van der Waals surface area (Å²) in [5.41, 5.74) is 2.52. The molecule has 252 valence electrons. The van der Waals surface area contributed by atoms with Gasteiger partial charge in [-0.15, -0.1) is 0 Å². The summed E-state index contributed by atoms with van der Waals surface area (Å²) in [6.45, 7) is 3.66. The number of imidazole rings is 1. The molecule has 48 heavy (non-hydrogen) atoms. The number of carboxylic acid groups (broad SMARTS) is 1. The summed E-state index contributed by atoms with van der Waals surface area (Å²) in [6.07, 6.45) is 2.81. The molecule has 0 aliphatic rings. The fourth-order valence-electron chi connectivity index (χ4n) is 4.82. The van der Waals surface area contributed by atoms with Crippen LogP contribution in [0.15, 0.2) is 79.4 Å². The summed E-state index contributed by atoms with van der Waals surface area (Å²) < 4.78 is 10.7. The number of aromatic amines is 1. The third-order valence-electron chi connectivity index (χ3n) is 7.00. The molecule has 0 aliphatic carbocycles. The molecule has 4 rings (SSSR count). The third-order valence-corrected chi connectivity index (χ3v) is 7.89. The Morgan fingerprint density at radius 3 is 2.38 bits per heavy atom. The van der Waals surface area contributed by atoms with Crippen LogP contribution in [0.3, 0.4) is 0 Å². The number of para-hydroxylation sites is 1. The van der Waals surface area contributed by atoms with Crippen LogP contribution in [0.1, 0.15) is 37.1 Å². The Morgan fingerprint density at radius 1 is 0.938 bits per heavy atom. The van der Waals surface area contributed by atoms with Crippen molar-refractivity contribution in [3.05, 3.63) is 96.2 Å². The SMILES string of the molecule is CC(C)C[C@@H](NC(=O)[C@@H](Cc1c[nH]cn1)NC(=O)[C@@H](Cc1cccc2cccnc12)NC(=O)OCc1ccccc1)O/[P+]([O-])=C/C(=O)O. The number of benzene rings is 2. The van der Waals surface area contributed by atoms with Crippen molar-refractivity contribution in [2.45, 2.75) is 58.0 Å². The van der Waals surface area contributed by atoms with E-state index in [2.05, 4.69) is 30.9 Å². The molecule has 2 heterocycles. The molecular weight excluding hydrogens is 639 g/mol. The van der Waals surface area contributed by atoms with Crippen LogP contribution in [0, 0.1) is 5.92 Å². The van der Waals surface area contributed by atoms with E-state index in [0.29, 0.717) is 22.6 Å². The first kappa shape index (κ1) is 35.7. The molecule has 2 aromatic heterocycles. The Hall–Kier alpha value is -5.17. The van der Waals surface area contributed by atoms with Crippen LogP contribution in [0.25, 0.3) is 10.9 Å². The average Bonchev–Trinajstić information content (AvgIpc) is 3.56. The number of carbonyl (C=O) groups is 4. The number of carboxylic acids is 1. The summed E-state index contributed by atoms with van der Waals surface area (Å²) in [5, 5.41) is 17.8. The lowest BCUT2D eigenvalue weighted by Gasteiger charge is -2.25. The first-order valence-corrected chi connectivity index (χ1v) is 16.4. The van der Waals surface area contributed by atoms with Gasteiger partial charge in [0, 0.05) is 30.6 Å². The minimum Gasteiger partial charge on any atom is -0.603 e. The molecule has 2 aromatic carbocycles. The Balaban J connectivity index is 1.57. The van der Waals surface area contributed by atoms with Crippen LogP contribution < -0.4 is 20.8 Å². The molecule has 0 bridgehead atoms. The lowest BCUT2D eigenvalue weighted by Crippen LogP contribution is -2.56. The van der Waals surface area contributed by atoms with E-state index in [1.807, 2.05) is 50.2 Å². The molecule has 15 heteroatoms. The van der Waals surface area contributed by atoms with Gasteiger partial charge in [0.25, 0.3) is 0 Å². The van der Waals surface area contributed by atoms with Crippen molar-refractivity contribution in [2.75, 3.05) is 0 Å². The van der Waals surface area contributed by atoms with Gasteiger partial charge in [-0.05, 0) is 29.5 Å². The Bertz CT molecular complexity index is 1710. The Kier molecular flexibility index (Phi) is 13.1. The lowest BCUT2D eigenvalue weighted by molar-refractivity contribution is -0.177. The van der Waals surface area contributed by atoms with Crippen molar-refractivity contribution in [2.24, 2.45) is 5.92 Å². The predicted molar refractivity (Wildman–Crippen MR) is 176 cm³/mol. The summed E-state index contributed by atoms with van der Waals surface area (Å²) in [4.78, 5) is 75.2. The van der Waals surface area contributed by atoms with E-state index in [4.69, 9.17) is 14.4 Å². The maximum Gasteiger partial charge on any atom is 0.408 e. The van der Waals surface area contributed by atoms with E-state index in [0.717, 1.165) is 10.9 Å². The number of H-pyrrole nitrogens is 1. The number of alkyl carbamates (subject to hydrolysis) is 1. The minimum atomic E-state index is -2.74. The van der Waals surface area contributed by atoms with Gasteiger partial charge in [0.2, 0.25) is 25.6 Å². The number of carbonyl (C=O) groups excluding carboxylic acids is 3. The number of ether oxygens (including phenoxy) is 1. The average molecular weight is 677 g/mol. The second-order valence-corrected chi connectivity index (χ2v) is 12.3. The summed E-state index contributed by atoms with van der Waals surface area (Å²) in [6, 6.07) is 15.8. The molecule has 0 fully saturated rings. The Morgan fingerprint density at radius 2 is 1.67 bits per heavy atom. The normalized spacial score (nSPS) is 13.4. The molecule has 0 radical (unpaired) electrons. The fraction of sp³-hybridized carbons (Fsp3) is 0.303. The topological polar surface area (TPSA) is 208 Å². The zero-order valence-electron chi connectivity index (χ0n) is 26.4. The first-order chi connectivity index (χ1) is 23.1. The molecule has 4 atom stereocenters. The summed E-state index contributed by atoms with van der Waals surface area (Å²) >= 11 is 0. The lowest BCUT2D eigenvalue weighted by atomic mass is 10.0. The van der Waals surface area contributed by atoms with E-state index < -0.39 is 50.2 Å². The number of hydrogen-bond donors (Lipinski definition) is 5. The van der Waals surface area contributed by atoms with Crippen LogP contribution in [0.5, 0.6) is 0 Å². The number of nitrogens with zero attached hydrogens (tertiary/aromatic N) is 2. The molecule has 1 unspecified atom stereocenters. The molecule has 0 saturated carbocycles. The van der Waals surface area contributed by atoms with Crippen molar-refractivity contribution in [1.29, 1.82) is 0 Å². The second kappa shape index (κ2) is 17.7. The predicted octanol–water partition coefficient (Wildman–Crippen LogP) is 2.59. The summed E-state index contributed by atoms with van der Waals surface area (Å²) in [5.74, 6) is -2.37. The number of aromatic nitrogens is 3. The highest BCUT2D eigenvalue weighted by atomic mass is 31.1. The Labute approximate surface area is 277 Å². The van der Waals surface area contributed by atoms with Gasteiger partial charge in [-0.2, -0.15) is 4.52 Å². The smallest absolute Gasteiger partial charge is 0.408 e. The van der Waals surface area contributed by atoms with E-state index in [9.17, 15) is 24.1 Å². The molecule has 5 N–H and O–H groups in total. The fourth-order valence-corrected chi connectivity index (χ4v) is 5.45. The first-order valence-electron chi connectivity index (χ1n) is 15.2. The van der Waals surface area contributed by atoms with Gasteiger partial charge in [0.1, 0.15) is 18.7 Å². The van der Waals surface area contributed by atoms with Crippen molar-refractivity contribution in [3.8, 4) is 0 Å². The van der Waals surface area contributed by atoms with Gasteiger partial charge >= 0.3 is 12.1 Å². The van der Waals surface area contributed by atoms with Crippen LogP contribution in [-0.2, 0) is 43.1 Å². The number of amides is 3. The van der Waals surface area contributed by atoms with Crippen LogP contribution in [0.2, 0.25) is 0 Å².